The van der Waals surface area contributed by atoms with E-state index in [1.807, 2.05) is 30.3 Å². The number of hydrogen-bond donors (Lipinski definition) is 5. The summed E-state index contributed by atoms with van der Waals surface area (Å²) in [5.41, 5.74) is 4.78. The van der Waals surface area contributed by atoms with Gasteiger partial charge in [0.25, 0.3) is 0 Å². The maximum atomic E-state index is 13.0. The lowest BCUT2D eigenvalue weighted by Crippen LogP contribution is -2.61. The number of nitrogens with two attached hydrogens (primary N) is 1. The van der Waals surface area contributed by atoms with Crippen molar-refractivity contribution in [3.63, 3.8) is 0 Å². The predicted molar refractivity (Wildman–Crippen MR) is 114 cm³/mol. The quantitative estimate of drug-likeness (QED) is 0.284. The van der Waals surface area contributed by atoms with E-state index in [1.54, 1.807) is 30.3 Å². The van der Waals surface area contributed by atoms with Gasteiger partial charge in [-0.3, -0.25) is 9.59 Å². The minimum atomic E-state index is -1.88. The van der Waals surface area contributed by atoms with E-state index in [1.165, 1.54) is 0 Å². The van der Waals surface area contributed by atoms with Crippen LogP contribution in [-0.4, -0.2) is 34.3 Å². The number of rotatable bonds is 11. The Kier molecular flexibility index (Phi) is 8.09. The van der Waals surface area contributed by atoms with Crippen LogP contribution in [0.2, 0.25) is 0 Å². The Morgan fingerprint density at radius 1 is 1.03 bits per heavy atom. The summed E-state index contributed by atoms with van der Waals surface area (Å²) in [6, 6.07) is 18.0. The molecule has 154 valence electrons. The lowest BCUT2D eigenvalue weighted by atomic mass is 9.97. The smallest absolute Gasteiger partial charge is 0.350 e. The summed E-state index contributed by atoms with van der Waals surface area (Å²) < 4.78 is 0. The van der Waals surface area contributed by atoms with Crippen LogP contribution in [0, 0.1) is 5.92 Å². The van der Waals surface area contributed by atoms with E-state index in [0.717, 1.165) is 5.56 Å². The van der Waals surface area contributed by atoms with Crippen molar-refractivity contribution in [1.29, 1.82) is 0 Å². The largest absolute Gasteiger partial charge is 0.478 e. The van der Waals surface area contributed by atoms with E-state index in [9.17, 15) is 19.5 Å². The van der Waals surface area contributed by atoms with Gasteiger partial charge in [-0.2, -0.15) is 12.6 Å². The van der Waals surface area contributed by atoms with Gasteiger partial charge < -0.3 is 21.5 Å². The second-order valence-corrected chi connectivity index (χ2v) is 7.09. The van der Waals surface area contributed by atoms with Crippen molar-refractivity contribution in [2.75, 3.05) is 11.1 Å². The molecule has 2 aromatic rings. The summed E-state index contributed by atoms with van der Waals surface area (Å²) in [7, 11) is 0. The van der Waals surface area contributed by atoms with E-state index in [-0.39, 0.29) is 18.6 Å². The van der Waals surface area contributed by atoms with Gasteiger partial charge in [-0.15, -0.1) is 0 Å². The number of anilines is 1. The number of nitrogens with one attached hydrogen (secondary N) is 2. The van der Waals surface area contributed by atoms with Crippen LogP contribution in [0.25, 0.3) is 0 Å². The molecule has 2 rings (SSSR count). The lowest BCUT2D eigenvalue weighted by molar-refractivity contribution is -0.147. The van der Waals surface area contributed by atoms with Crippen molar-refractivity contribution in [3.05, 3.63) is 66.2 Å². The molecule has 0 aromatic heterocycles. The first kappa shape index (κ1) is 22.3. The second kappa shape index (κ2) is 10.5. The molecule has 1 unspecified atom stereocenters. The predicted octanol–water partition coefficient (Wildman–Crippen LogP) is 2.05. The molecule has 7 nitrogen and oxygen atoms in total. The third-order valence-electron chi connectivity index (χ3n) is 4.50. The van der Waals surface area contributed by atoms with Crippen LogP contribution >= 0.6 is 12.6 Å². The molecule has 0 heterocycles. The number of aliphatic carboxylic acids is 1. The average molecular weight is 416 g/mol. The number of primary amides is 1. The van der Waals surface area contributed by atoms with Gasteiger partial charge in [0.15, 0.2) is 0 Å². The fourth-order valence-electron chi connectivity index (χ4n) is 2.90. The van der Waals surface area contributed by atoms with Crippen molar-refractivity contribution in [1.82, 2.24) is 5.32 Å². The summed E-state index contributed by atoms with van der Waals surface area (Å²) in [6.07, 6.45) is -0.00734. The van der Waals surface area contributed by atoms with Gasteiger partial charge >= 0.3 is 5.97 Å². The Labute approximate surface area is 175 Å². The first-order valence-electron chi connectivity index (χ1n) is 9.18. The zero-order valence-corrected chi connectivity index (χ0v) is 16.8. The molecule has 5 N–H and O–H groups in total. The second-order valence-electron chi connectivity index (χ2n) is 6.73. The Bertz CT molecular complexity index is 832. The van der Waals surface area contributed by atoms with Gasteiger partial charge in [-0.05, 0) is 24.1 Å². The van der Waals surface area contributed by atoms with Crippen LogP contribution in [0.15, 0.2) is 60.7 Å². The molecule has 0 spiro atoms. The Balaban J connectivity index is 2.26. The van der Waals surface area contributed by atoms with Crippen LogP contribution in [0.1, 0.15) is 18.4 Å². The molecule has 29 heavy (non-hydrogen) atoms. The summed E-state index contributed by atoms with van der Waals surface area (Å²) in [6.45, 7) is 0. The Morgan fingerprint density at radius 2 is 1.62 bits per heavy atom. The van der Waals surface area contributed by atoms with E-state index in [0.29, 0.717) is 12.1 Å². The number of carbonyl (C=O) groups is 3. The molecule has 2 aromatic carbocycles. The first-order valence-corrected chi connectivity index (χ1v) is 9.81. The molecule has 0 aliphatic heterocycles. The Morgan fingerprint density at radius 3 is 2.14 bits per heavy atom. The molecule has 0 radical (unpaired) electrons. The molecule has 0 saturated carbocycles. The van der Waals surface area contributed by atoms with E-state index < -0.39 is 29.4 Å². The zero-order valence-electron chi connectivity index (χ0n) is 15.9. The number of para-hydroxylation sites is 1. The summed E-state index contributed by atoms with van der Waals surface area (Å²) in [5, 5.41) is 15.4. The highest BCUT2D eigenvalue weighted by molar-refractivity contribution is 7.80. The zero-order chi connectivity index (χ0) is 21.3. The number of carboxylic acid groups (broad SMARTS) is 1. The number of carboxylic acids is 1. The van der Waals surface area contributed by atoms with Crippen molar-refractivity contribution in [2.45, 2.75) is 24.9 Å². The topological polar surface area (TPSA) is 122 Å². The highest BCUT2D eigenvalue weighted by atomic mass is 32.1. The van der Waals surface area contributed by atoms with Crippen molar-refractivity contribution < 1.29 is 19.5 Å². The molecule has 0 aliphatic carbocycles. The third kappa shape index (κ3) is 6.53. The fourth-order valence-corrected chi connectivity index (χ4v) is 3.19. The average Bonchev–Trinajstić information content (AvgIpc) is 2.71. The van der Waals surface area contributed by atoms with E-state index in [2.05, 4.69) is 23.3 Å². The number of carbonyl (C=O) groups excluding carboxylic acids is 2. The van der Waals surface area contributed by atoms with Crippen LogP contribution in [0.3, 0.4) is 0 Å². The maximum Gasteiger partial charge on any atom is 0.350 e. The summed E-state index contributed by atoms with van der Waals surface area (Å²) in [5.74, 6) is -2.76. The maximum absolute atomic E-state index is 13.0. The van der Waals surface area contributed by atoms with Crippen LogP contribution in [0.4, 0.5) is 5.69 Å². The van der Waals surface area contributed by atoms with Crippen molar-refractivity contribution in [3.8, 4) is 0 Å². The molecule has 2 amide bonds. The standard InChI is InChI=1S/C21H25N3O4S/c22-18(25)11-12-21(20(27)28,23-17-9-5-2-6-10-17)24-19(26)16(14-29)13-15-7-3-1-4-8-15/h1-10,16,23,29H,11-14H2,(H2,22,25)(H,24,26)(H,27,28)/t16?,21-/m0/s1. The van der Waals surface area contributed by atoms with Crippen LogP contribution in [0.5, 0.6) is 0 Å². The first-order chi connectivity index (χ1) is 13.9. The van der Waals surface area contributed by atoms with Gasteiger partial charge in [-0.25, -0.2) is 4.79 Å². The molecule has 0 saturated heterocycles. The lowest BCUT2D eigenvalue weighted by Gasteiger charge is -2.33. The van der Waals surface area contributed by atoms with Gasteiger partial charge in [0, 0.05) is 24.3 Å². The molecule has 0 aliphatic rings. The monoisotopic (exact) mass is 415 g/mol. The molecule has 8 heteroatoms. The normalized spacial score (nSPS) is 13.7. The Hall–Kier alpha value is -3.00. The number of amides is 2. The minimum Gasteiger partial charge on any atom is -0.478 e. The molecule has 2 atom stereocenters. The van der Waals surface area contributed by atoms with E-state index in [4.69, 9.17) is 5.73 Å². The van der Waals surface area contributed by atoms with E-state index >= 15 is 0 Å². The highest BCUT2D eigenvalue weighted by Gasteiger charge is 2.41. The van der Waals surface area contributed by atoms with Gasteiger partial charge in [-0.1, -0.05) is 48.5 Å². The van der Waals surface area contributed by atoms with Crippen LogP contribution in [-0.2, 0) is 20.8 Å². The number of thiol groups is 1. The SMILES string of the molecule is NC(=O)CC[C@@](NC(=O)C(CS)Cc1ccccc1)(Nc1ccccc1)C(=O)O. The van der Waals surface area contributed by atoms with Crippen molar-refractivity contribution in [2.24, 2.45) is 11.7 Å². The molecular weight excluding hydrogens is 390 g/mol. The summed E-state index contributed by atoms with van der Waals surface area (Å²) in [4.78, 5) is 36.5. The molecular formula is C21H25N3O4S. The molecule has 0 bridgehead atoms. The third-order valence-corrected chi connectivity index (χ3v) is 4.94. The minimum absolute atomic E-state index is 0.205. The molecule has 0 fully saturated rings. The van der Waals surface area contributed by atoms with Gasteiger partial charge in [0.2, 0.25) is 17.5 Å². The fraction of sp³-hybridized carbons (Fsp3) is 0.286. The highest BCUT2D eigenvalue weighted by Crippen LogP contribution is 2.21. The van der Waals surface area contributed by atoms with Crippen LogP contribution < -0.4 is 16.4 Å². The van der Waals surface area contributed by atoms with Gasteiger partial charge in [0.1, 0.15) is 0 Å². The summed E-state index contributed by atoms with van der Waals surface area (Å²) >= 11 is 4.27. The number of benzene rings is 2. The van der Waals surface area contributed by atoms with Gasteiger partial charge in [0.05, 0.1) is 5.92 Å². The number of hydrogen-bond acceptors (Lipinski definition) is 5. The van der Waals surface area contributed by atoms with Crippen molar-refractivity contribution >= 4 is 36.1 Å².